The topological polar surface area (TPSA) is 42.2 Å². The van der Waals surface area contributed by atoms with Crippen molar-refractivity contribution in [1.29, 1.82) is 0 Å². The van der Waals surface area contributed by atoms with Crippen LogP contribution in [0.1, 0.15) is 23.1 Å². The lowest BCUT2D eigenvalue weighted by atomic mass is 10.0. The van der Waals surface area contributed by atoms with Crippen LogP contribution < -0.4 is 5.73 Å². The number of nitrogens with zero attached hydrogens (tertiary/aromatic N) is 2. The summed E-state index contributed by atoms with van der Waals surface area (Å²) in [6, 6.07) is 16.9. The normalized spacial score (nSPS) is 11.2. The number of halogens is 1. The molecule has 3 nitrogen and oxygen atoms in total. The number of aromatic nitrogens is 1. The Morgan fingerprint density at radius 3 is 2.71 bits per heavy atom. The quantitative estimate of drug-likeness (QED) is 0.470. The fourth-order valence-corrected chi connectivity index (χ4v) is 4.42. The van der Waals surface area contributed by atoms with Crippen LogP contribution in [0.25, 0.3) is 11.1 Å². The lowest BCUT2D eigenvalue weighted by Gasteiger charge is -2.22. The van der Waals surface area contributed by atoms with E-state index in [1.54, 1.807) is 11.9 Å². The van der Waals surface area contributed by atoms with Gasteiger partial charge in [-0.25, -0.2) is 4.31 Å². The van der Waals surface area contributed by atoms with Crippen LogP contribution in [0, 0.1) is 13.8 Å². The maximum Gasteiger partial charge on any atom is 0.0446 e. The number of pyridine rings is 1. The molecule has 1 heterocycles. The number of hydrogen-bond donors (Lipinski definition) is 1. The molecule has 5 heteroatoms. The van der Waals surface area contributed by atoms with Crippen molar-refractivity contribution in [1.82, 2.24) is 9.29 Å². The van der Waals surface area contributed by atoms with Crippen LogP contribution in [-0.2, 0) is 6.54 Å². The predicted octanol–water partition coefficient (Wildman–Crippen LogP) is 5.88. The zero-order valence-corrected chi connectivity index (χ0v) is 17.9. The molecule has 1 aromatic heterocycles. The molecular formula is C23H26ClN3S. The summed E-state index contributed by atoms with van der Waals surface area (Å²) in [6.45, 7) is 6.61. The Hall–Kier alpha value is -1.85. The van der Waals surface area contributed by atoms with Gasteiger partial charge in [0.25, 0.3) is 0 Å². The van der Waals surface area contributed by atoms with Gasteiger partial charge in [-0.1, -0.05) is 35.9 Å². The molecule has 0 bridgehead atoms. The molecule has 2 N–H and O–H groups in total. The molecular weight excluding hydrogens is 386 g/mol. The number of nitrogens with two attached hydrogens (primary N) is 1. The summed E-state index contributed by atoms with van der Waals surface area (Å²) in [6.07, 6.45) is 4.71. The van der Waals surface area contributed by atoms with Crippen LogP contribution in [0.15, 0.2) is 65.8 Å². The van der Waals surface area contributed by atoms with Crippen LogP contribution in [0.5, 0.6) is 0 Å². The first-order chi connectivity index (χ1) is 13.6. The third-order valence-electron chi connectivity index (χ3n) is 4.67. The largest absolute Gasteiger partial charge is 0.330 e. The number of rotatable bonds is 8. The van der Waals surface area contributed by atoms with Gasteiger partial charge in [-0.2, -0.15) is 0 Å². The molecule has 28 heavy (non-hydrogen) atoms. The van der Waals surface area contributed by atoms with E-state index in [0.29, 0.717) is 6.54 Å². The Morgan fingerprint density at radius 2 is 1.93 bits per heavy atom. The maximum absolute atomic E-state index is 6.31. The SMILES string of the molecule is Cc1cnccc1-c1cccc(CN(CCCN)Sc2cccc(Cl)c2C)c1. The van der Waals surface area contributed by atoms with E-state index in [-0.39, 0.29) is 0 Å². The molecule has 0 amide bonds. The molecule has 0 fully saturated rings. The van der Waals surface area contributed by atoms with Crippen molar-refractivity contribution < 1.29 is 0 Å². The lowest BCUT2D eigenvalue weighted by Crippen LogP contribution is -2.19. The van der Waals surface area contributed by atoms with Gasteiger partial charge in [-0.15, -0.1) is 0 Å². The minimum absolute atomic E-state index is 0.682. The Kier molecular flexibility index (Phi) is 7.51. The minimum atomic E-state index is 0.682. The van der Waals surface area contributed by atoms with E-state index < -0.39 is 0 Å². The Morgan fingerprint density at radius 1 is 1.11 bits per heavy atom. The highest BCUT2D eigenvalue weighted by atomic mass is 35.5. The van der Waals surface area contributed by atoms with Gasteiger partial charge in [-0.05, 0) is 90.8 Å². The van der Waals surface area contributed by atoms with Gasteiger partial charge in [0.1, 0.15) is 0 Å². The van der Waals surface area contributed by atoms with Crippen molar-refractivity contribution in [3.63, 3.8) is 0 Å². The molecule has 0 saturated carbocycles. The maximum atomic E-state index is 6.31. The predicted molar refractivity (Wildman–Crippen MR) is 121 cm³/mol. The van der Waals surface area contributed by atoms with E-state index in [4.69, 9.17) is 17.3 Å². The van der Waals surface area contributed by atoms with E-state index in [0.717, 1.165) is 30.1 Å². The minimum Gasteiger partial charge on any atom is -0.330 e. The van der Waals surface area contributed by atoms with E-state index in [1.165, 1.54) is 27.1 Å². The molecule has 2 aromatic carbocycles. The highest BCUT2D eigenvalue weighted by Gasteiger charge is 2.12. The number of aryl methyl sites for hydroxylation is 1. The first kappa shape index (κ1) is 20.9. The molecule has 0 unspecified atom stereocenters. The van der Waals surface area contributed by atoms with Gasteiger partial charge in [0, 0.05) is 35.4 Å². The first-order valence-electron chi connectivity index (χ1n) is 9.46. The van der Waals surface area contributed by atoms with Gasteiger partial charge in [0.2, 0.25) is 0 Å². The smallest absolute Gasteiger partial charge is 0.0446 e. The zero-order chi connectivity index (χ0) is 19.9. The van der Waals surface area contributed by atoms with Gasteiger partial charge in [-0.3, -0.25) is 4.98 Å². The van der Waals surface area contributed by atoms with Crippen molar-refractivity contribution in [2.75, 3.05) is 13.1 Å². The van der Waals surface area contributed by atoms with Crippen molar-refractivity contribution in [3.05, 3.63) is 82.6 Å². The third-order valence-corrected chi connectivity index (χ3v) is 6.29. The van der Waals surface area contributed by atoms with Gasteiger partial charge in [0.05, 0.1) is 0 Å². The third kappa shape index (κ3) is 5.36. The zero-order valence-electron chi connectivity index (χ0n) is 16.4. The number of benzene rings is 2. The highest BCUT2D eigenvalue weighted by molar-refractivity contribution is 7.97. The van der Waals surface area contributed by atoms with Crippen LogP contribution in [0.2, 0.25) is 5.02 Å². The van der Waals surface area contributed by atoms with Crippen LogP contribution >= 0.6 is 23.5 Å². The van der Waals surface area contributed by atoms with Crippen LogP contribution in [0.3, 0.4) is 0 Å². The van der Waals surface area contributed by atoms with Gasteiger partial charge in [0.15, 0.2) is 0 Å². The second-order valence-electron chi connectivity index (χ2n) is 6.85. The van der Waals surface area contributed by atoms with E-state index >= 15 is 0 Å². The van der Waals surface area contributed by atoms with Crippen molar-refractivity contribution in [3.8, 4) is 11.1 Å². The molecule has 0 spiro atoms. The fraction of sp³-hybridized carbons (Fsp3) is 0.261. The van der Waals surface area contributed by atoms with Crippen molar-refractivity contribution in [2.45, 2.75) is 31.7 Å². The second kappa shape index (κ2) is 10.1. The van der Waals surface area contributed by atoms with E-state index in [9.17, 15) is 0 Å². The Bertz CT molecular complexity index is 929. The second-order valence-corrected chi connectivity index (χ2v) is 8.40. The summed E-state index contributed by atoms with van der Waals surface area (Å²) < 4.78 is 2.37. The highest BCUT2D eigenvalue weighted by Crippen LogP contribution is 2.32. The summed E-state index contributed by atoms with van der Waals surface area (Å²) in [5, 5.41) is 0.805. The first-order valence-corrected chi connectivity index (χ1v) is 10.6. The summed E-state index contributed by atoms with van der Waals surface area (Å²) >= 11 is 8.06. The average molecular weight is 412 g/mol. The summed E-state index contributed by atoms with van der Waals surface area (Å²) in [5.41, 5.74) is 11.8. The summed E-state index contributed by atoms with van der Waals surface area (Å²) in [4.78, 5) is 5.39. The molecule has 0 aliphatic heterocycles. The van der Waals surface area contributed by atoms with Crippen LogP contribution in [0.4, 0.5) is 0 Å². The molecule has 0 aliphatic carbocycles. The fourth-order valence-electron chi connectivity index (χ4n) is 3.09. The monoisotopic (exact) mass is 411 g/mol. The molecule has 146 valence electrons. The molecule has 0 atom stereocenters. The molecule has 0 radical (unpaired) electrons. The average Bonchev–Trinajstić information content (AvgIpc) is 2.70. The number of hydrogen-bond acceptors (Lipinski definition) is 4. The molecule has 0 saturated heterocycles. The Balaban J connectivity index is 1.82. The lowest BCUT2D eigenvalue weighted by molar-refractivity contribution is 0.458. The van der Waals surface area contributed by atoms with Gasteiger partial charge >= 0.3 is 0 Å². The standard InChI is InChI=1S/C23H26ClN3S/c1-17-15-26-12-10-21(17)20-7-3-6-19(14-20)16-27(13-5-11-25)28-23-9-4-8-22(24)18(23)2/h3-4,6-10,12,14-15H,5,11,13,16,25H2,1-2H3. The summed E-state index contributed by atoms with van der Waals surface area (Å²) in [7, 11) is 0. The van der Waals surface area contributed by atoms with Crippen molar-refractivity contribution in [2.24, 2.45) is 5.73 Å². The molecule has 3 rings (SSSR count). The summed E-state index contributed by atoms with van der Waals surface area (Å²) in [5.74, 6) is 0. The van der Waals surface area contributed by atoms with Gasteiger partial charge < -0.3 is 5.73 Å². The molecule has 0 aliphatic rings. The molecule has 3 aromatic rings. The van der Waals surface area contributed by atoms with Crippen molar-refractivity contribution >= 4 is 23.5 Å². The van der Waals surface area contributed by atoms with Crippen LogP contribution in [-0.4, -0.2) is 22.4 Å². The van der Waals surface area contributed by atoms with E-state index in [2.05, 4.69) is 59.5 Å². The van der Waals surface area contributed by atoms with E-state index in [1.807, 2.05) is 24.5 Å². The Labute approximate surface area is 177 Å².